The molecule has 1 fully saturated rings. The molecule has 0 heterocycles. The van der Waals surface area contributed by atoms with Crippen LogP contribution in [0.3, 0.4) is 0 Å². The van der Waals surface area contributed by atoms with Crippen molar-refractivity contribution in [2.75, 3.05) is 0 Å². The highest BCUT2D eigenvalue weighted by Gasteiger charge is 2.23. The summed E-state index contributed by atoms with van der Waals surface area (Å²) in [4.78, 5) is 0.118. The number of nitrogens with one attached hydrogen (secondary N) is 1. The van der Waals surface area contributed by atoms with Gasteiger partial charge in [0.15, 0.2) is 0 Å². The molecule has 0 radical (unpaired) electrons. The van der Waals surface area contributed by atoms with Crippen molar-refractivity contribution in [3.63, 3.8) is 0 Å². The van der Waals surface area contributed by atoms with E-state index in [0.29, 0.717) is 0 Å². The van der Waals surface area contributed by atoms with Gasteiger partial charge in [0.2, 0.25) is 10.0 Å². The maximum absolute atomic E-state index is 11.2. The van der Waals surface area contributed by atoms with Gasteiger partial charge in [-0.15, -0.1) is 0 Å². The third-order valence-corrected chi connectivity index (χ3v) is 5.08. The SMILES string of the molecule is CC(NC1CCCCCC1O)c1ccc(S(N)(=O)=O)cc1. The molecule has 0 aliphatic heterocycles. The molecule has 6 heteroatoms. The number of sulfonamides is 1. The predicted octanol–water partition coefficient (Wildman–Crippen LogP) is 1.68. The van der Waals surface area contributed by atoms with Crippen molar-refractivity contribution in [3.05, 3.63) is 29.8 Å². The highest BCUT2D eigenvalue weighted by molar-refractivity contribution is 7.89. The van der Waals surface area contributed by atoms with Crippen molar-refractivity contribution in [2.45, 2.75) is 62.1 Å². The van der Waals surface area contributed by atoms with Gasteiger partial charge >= 0.3 is 0 Å². The monoisotopic (exact) mass is 312 g/mol. The molecule has 1 aromatic rings. The van der Waals surface area contributed by atoms with Crippen molar-refractivity contribution in [2.24, 2.45) is 5.14 Å². The van der Waals surface area contributed by atoms with Crippen LogP contribution in [0.2, 0.25) is 0 Å². The molecule has 0 bridgehead atoms. The minimum Gasteiger partial charge on any atom is -0.392 e. The number of aliphatic hydroxyl groups is 1. The van der Waals surface area contributed by atoms with Gasteiger partial charge in [-0.1, -0.05) is 31.4 Å². The second-order valence-electron chi connectivity index (χ2n) is 5.81. The first-order chi connectivity index (χ1) is 9.88. The summed E-state index contributed by atoms with van der Waals surface area (Å²) in [5.74, 6) is 0. The average Bonchev–Trinajstić information content (AvgIpc) is 2.63. The Kier molecular flexibility index (Phi) is 5.37. The molecular weight excluding hydrogens is 288 g/mol. The highest BCUT2D eigenvalue weighted by Crippen LogP contribution is 2.22. The zero-order valence-corrected chi connectivity index (χ0v) is 13.1. The van der Waals surface area contributed by atoms with Crippen LogP contribution in [0, 0.1) is 0 Å². The topological polar surface area (TPSA) is 92.4 Å². The van der Waals surface area contributed by atoms with Crippen LogP contribution in [0.4, 0.5) is 0 Å². The van der Waals surface area contributed by atoms with Gasteiger partial charge in [0.25, 0.3) is 0 Å². The second-order valence-corrected chi connectivity index (χ2v) is 7.38. The smallest absolute Gasteiger partial charge is 0.238 e. The number of primary sulfonamides is 1. The van der Waals surface area contributed by atoms with Crippen molar-refractivity contribution in [1.29, 1.82) is 0 Å². The molecule has 1 aromatic carbocycles. The largest absolute Gasteiger partial charge is 0.392 e. The van der Waals surface area contributed by atoms with E-state index in [0.717, 1.165) is 31.2 Å². The Morgan fingerprint density at radius 1 is 1.19 bits per heavy atom. The van der Waals surface area contributed by atoms with E-state index < -0.39 is 10.0 Å². The van der Waals surface area contributed by atoms with E-state index >= 15 is 0 Å². The third-order valence-electron chi connectivity index (χ3n) is 4.15. The summed E-state index contributed by atoms with van der Waals surface area (Å²) in [5, 5.41) is 18.7. The summed E-state index contributed by atoms with van der Waals surface area (Å²) in [7, 11) is -3.65. The fourth-order valence-electron chi connectivity index (χ4n) is 2.85. The summed E-state index contributed by atoms with van der Waals surface area (Å²) in [6.07, 6.45) is 4.89. The lowest BCUT2D eigenvalue weighted by atomic mass is 10.0. The van der Waals surface area contributed by atoms with Crippen molar-refractivity contribution in [1.82, 2.24) is 5.32 Å². The molecule has 21 heavy (non-hydrogen) atoms. The first kappa shape index (κ1) is 16.4. The molecule has 1 aliphatic carbocycles. The van der Waals surface area contributed by atoms with Gasteiger partial charge in [-0.3, -0.25) is 0 Å². The Morgan fingerprint density at radius 3 is 2.43 bits per heavy atom. The number of rotatable bonds is 4. The number of benzene rings is 1. The van der Waals surface area contributed by atoms with Crippen LogP contribution in [0.25, 0.3) is 0 Å². The summed E-state index contributed by atoms with van der Waals surface area (Å²) in [6.45, 7) is 2.02. The lowest BCUT2D eigenvalue weighted by molar-refractivity contribution is 0.115. The fourth-order valence-corrected chi connectivity index (χ4v) is 3.36. The van der Waals surface area contributed by atoms with E-state index in [1.165, 1.54) is 18.6 Å². The summed E-state index contributed by atoms with van der Waals surface area (Å²) >= 11 is 0. The Bertz CT molecular complexity index is 557. The van der Waals surface area contributed by atoms with Gasteiger partial charge in [0.05, 0.1) is 11.0 Å². The lowest BCUT2D eigenvalue weighted by Gasteiger charge is -2.26. The zero-order chi connectivity index (χ0) is 15.5. The molecule has 3 atom stereocenters. The van der Waals surface area contributed by atoms with Crippen molar-refractivity contribution in [3.8, 4) is 0 Å². The molecule has 0 saturated heterocycles. The molecule has 4 N–H and O–H groups in total. The Morgan fingerprint density at radius 2 is 1.81 bits per heavy atom. The van der Waals surface area contributed by atoms with Crippen LogP contribution in [-0.4, -0.2) is 25.7 Å². The van der Waals surface area contributed by atoms with Gasteiger partial charge in [0.1, 0.15) is 0 Å². The number of hydrogen-bond donors (Lipinski definition) is 3. The van der Waals surface area contributed by atoms with Crippen LogP contribution in [0.15, 0.2) is 29.2 Å². The van der Waals surface area contributed by atoms with Crippen molar-refractivity contribution >= 4 is 10.0 Å². The van der Waals surface area contributed by atoms with E-state index in [2.05, 4.69) is 5.32 Å². The molecular formula is C15H24N2O3S. The van der Waals surface area contributed by atoms with E-state index in [1.807, 2.05) is 6.92 Å². The minimum atomic E-state index is -3.65. The number of aliphatic hydroxyl groups excluding tert-OH is 1. The highest BCUT2D eigenvalue weighted by atomic mass is 32.2. The maximum atomic E-state index is 11.2. The molecule has 3 unspecified atom stereocenters. The van der Waals surface area contributed by atoms with E-state index in [9.17, 15) is 13.5 Å². The average molecular weight is 312 g/mol. The maximum Gasteiger partial charge on any atom is 0.238 e. The van der Waals surface area contributed by atoms with Gasteiger partial charge in [-0.05, 0) is 37.5 Å². The first-order valence-corrected chi connectivity index (χ1v) is 8.99. The summed E-state index contributed by atoms with van der Waals surface area (Å²) in [6, 6.07) is 6.72. The third kappa shape index (κ3) is 4.51. The first-order valence-electron chi connectivity index (χ1n) is 7.45. The van der Waals surface area contributed by atoms with Gasteiger partial charge in [-0.2, -0.15) is 0 Å². The molecule has 118 valence electrons. The summed E-state index contributed by atoms with van der Waals surface area (Å²) in [5.41, 5.74) is 0.985. The minimum absolute atomic E-state index is 0.0530. The van der Waals surface area contributed by atoms with Crippen molar-refractivity contribution < 1.29 is 13.5 Å². The van der Waals surface area contributed by atoms with Gasteiger partial charge in [0, 0.05) is 12.1 Å². The molecule has 0 aromatic heterocycles. The molecule has 0 amide bonds. The molecule has 5 nitrogen and oxygen atoms in total. The van der Waals surface area contributed by atoms with Crippen LogP contribution in [0.1, 0.15) is 50.6 Å². The normalized spacial score (nSPS) is 25.3. The molecule has 2 rings (SSSR count). The summed E-state index contributed by atoms with van der Waals surface area (Å²) < 4.78 is 22.5. The molecule has 1 saturated carbocycles. The Balaban J connectivity index is 2.04. The van der Waals surface area contributed by atoms with Gasteiger partial charge in [-0.25, -0.2) is 13.6 Å². The van der Waals surface area contributed by atoms with Gasteiger partial charge < -0.3 is 10.4 Å². The zero-order valence-electron chi connectivity index (χ0n) is 12.3. The van der Waals surface area contributed by atoms with Crippen LogP contribution in [-0.2, 0) is 10.0 Å². The second kappa shape index (κ2) is 6.87. The lowest BCUT2D eigenvalue weighted by Crippen LogP contribution is -2.40. The molecule has 1 aliphatic rings. The standard InChI is InChI=1S/C15H24N2O3S/c1-11(17-14-5-3-2-4-6-15(14)18)12-7-9-13(10-8-12)21(16,19)20/h7-11,14-15,17-18H,2-6H2,1H3,(H2,16,19,20). The number of nitrogens with two attached hydrogens (primary N) is 1. The quantitative estimate of drug-likeness (QED) is 0.738. The Labute approximate surface area is 126 Å². The van der Waals surface area contributed by atoms with E-state index in [-0.39, 0.29) is 23.1 Å². The number of hydrogen-bond acceptors (Lipinski definition) is 4. The Hall–Kier alpha value is -0.950. The van der Waals surface area contributed by atoms with Crippen LogP contribution in [0.5, 0.6) is 0 Å². The van der Waals surface area contributed by atoms with E-state index in [4.69, 9.17) is 5.14 Å². The molecule has 0 spiro atoms. The fraction of sp³-hybridized carbons (Fsp3) is 0.600. The van der Waals surface area contributed by atoms with Crippen LogP contribution < -0.4 is 10.5 Å². The van der Waals surface area contributed by atoms with E-state index in [1.54, 1.807) is 12.1 Å². The van der Waals surface area contributed by atoms with Crippen LogP contribution >= 0.6 is 0 Å². The predicted molar refractivity (Wildman–Crippen MR) is 82.2 cm³/mol.